The number of hydrogen-bond donors (Lipinski definition) is 2. The molecule has 0 saturated carbocycles. The molecule has 1 heterocycles. The van der Waals surface area contributed by atoms with Crippen LogP contribution in [-0.2, 0) is 0 Å². The third-order valence-corrected chi connectivity index (χ3v) is 4.74. The van der Waals surface area contributed by atoms with Crippen molar-refractivity contribution in [3.05, 3.63) is 48.0 Å². The lowest BCUT2D eigenvalue weighted by Crippen LogP contribution is -2.31. The van der Waals surface area contributed by atoms with Gasteiger partial charge in [0.05, 0.1) is 19.8 Å². The maximum atomic E-state index is 12.3. The van der Waals surface area contributed by atoms with E-state index < -0.39 is 0 Å². The number of ether oxygens (including phenoxy) is 2. The zero-order valence-electron chi connectivity index (χ0n) is 15.2. The quantitative estimate of drug-likeness (QED) is 0.779. The molecule has 0 spiro atoms. The first-order valence-corrected chi connectivity index (χ1v) is 8.71. The van der Waals surface area contributed by atoms with E-state index in [-0.39, 0.29) is 5.91 Å². The van der Waals surface area contributed by atoms with Crippen LogP contribution in [0.1, 0.15) is 16.8 Å². The molecule has 1 fully saturated rings. The van der Waals surface area contributed by atoms with Crippen molar-refractivity contribution in [2.24, 2.45) is 5.92 Å². The molecular weight excluding hydrogens is 330 g/mol. The standard InChI is InChI=1S/C20H25N3O3/c1-25-16-9-15(10-17(11-16)26-2)23-8-7-14(13-23)12-22-20(24)18-5-3-4-6-19(18)21/h3-6,9-11,14H,7-8,12-13,21H2,1-2H3,(H,22,24). The topological polar surface area (TPSA) is 76.8 Å². The van der Waals surface area contributed by atoms with Crippen LogP contribution in [0.3, 0.4) is 0 Å². The van der Waals surface area contributed by atoms with Crippen LogP contribution in [0.2, 0.25) is 0 Å². The summed E-state index contributed by atoms with van der Waals surface area (Å²) in [5.41, 5.74) is 7.97. The Morgan fingerprint density at radius 3 is 2.54 bits per heavy atom. The van der Waals surface area contributed by atoms with Crippen molar-refractivity contribution >= 4 is 17.3 Å². The van der Waals surface area contributed by atoms with Gasteiger partial charge in [-0.3, -0.25) is 4.79 Å². The SMILES string of the molecule is COc1cc(OC)cc(N2CCC(CNC(=O)c3ccccc3N)C2)c1. The summed E-state index contributed by atoms with van der Waals surface area (Å²) in [6.07, 6.45) is 1.02. The Hall–Kier alpha value is -2.89. The number of carbonyl (C=O) groups excluding carboxylic acids is 1. The molecule has 26 heavy (non-hydrogen) atoms. The van der Waals surface area contributed by atoms with Crippen molar-refractivity contribution in [2.75, 3.05) is 44.5 Å². The highest BCUT2D eigenvalue weighted by molar-refractivity contribution is 5.99. The van der Waals surface area contributed by atoms with Crippen molar-refractivity contribution in [1.29, 1.82) is 0 Å². The van der Waals surface area contributed by atoms with Crippen LogP contribution < -0.4 is 25.4 Å². The van der Waals surface area contributed by atoms with Crippen molar-refractivity contribution < 1.29 is 14.3 Å². The number of para-hydroxylation sites is 1. The number of methoxy groups -OCH3 is 2. The highest BCUT2D eigenvalue weighted by atomic mass is 16.5. The number of nitrogens with zero attached hydrogens (tertiary/aromatic N) is 1. The minimum atomic E-state index is -0.121. The van der Waals surface area contributed by atoms with E-state index in [1.54, 1.807) is 26.4 Å². The van der Waals surface area contributed by atoms with Crippen molar-refractivity contribution in [3.8, 4) is 11.5 Å². The third-order valence-electron chi connectivity index (χ3n) is 4.74. The van der Waals surface area contributed by atoms with Gasteiger partial charge in [-0.25, -0.2) is 0 Å². The molecule has 3 rings (SSSR count). The predicted octanol–water partition coefficient (Wildman–Crippen LogP) is 2.54. The van der Waals surface area contributed by atoms with Crippen LogP contribution in [0.25, 0.3) is 0 Å². The number of nitrogens with one attached hydrogen (secondary N) is 1. The van der Waals surface area contributed by atoms with E-state index >= 15 is 0 Å². The summed E-state index contributed by atoms with van der Waals surface area (Å²) in [5, 5.41) is 3.00. The molecule has 0 aromatic heterocycles. The molecule has 1 unspecified atom stereocenters. The summed E-state index contributed by atoms with van der Waals surface area (Å²) < 4.78 is 10.7. The van der Waals surface area contributed by atoms with E-state index in [2.05, 4.69) is 10.2 Å². The van der Waals surface area contributed by atoms with Gasteiger partial charge in [-0.15, -0.1) is 0 Å². The summed E-state index contributed by atoms with van der Waals surface area (Å²) in [7, 11) is 3.30. The van der Waals surface area contributed by atoms with Gasteiger partial charge in [0, 0.05) is 49.2 Å². The Kier molecular flexibility index (Phi) is 5.51. The van der Waals surface area contributed by atoms with Gasteiger partial charge >= 0.3 is 0 Å². The minimum absolute atomic E-state index is 0.121. The number of nitrogen functional groups attached to an aromatic ring is 1. The van der Waals surface area contributed by atoms with Crippen molar-refractivity contribution in [3.63, 3.8) is 0 Å². The molecule has 6 heteroatoms. The molecule has 2 aromatic rings. The average Bonchev–Trinajstić information content (AvgIpc) is 3.15. The van der Waals surface area contributed by atoms with Crippen LogP contribution >= 0.6 is 0 Å². The van der Waals surface area contributed by atoms with Gasteiger partial charge in [-0.2, -0.15) is 0 Å². The fourth-order valence-electron chi connectivity index (χ4n) is 3.24. The van der Waals surface area contributed by atoms with Crippen LogP contribution in [0, 0.1) is 5.92 Å². The number of nitrogens with two attached hydrogens (primary N) is 1. The maximum Gasteiger partial charge on any atom is 0.253 e. The molecule has 138 valence electrons. The Labute approximate surface area is 153 Å². The number of hydrogen-bond acceptors (Lipinski definition) is 5. The fraction of sp³-hybridized carbons (Fsp3) is 0.350. The van der Waals surface area contributed by atoms with Crippen LogP contribution in [-0.4, -0.2) is 39.8 Å². The van der Waals surface area contributed by atoms with Crippen LogP contribution in [0.15, 0.2) is 42.5 Å². The molecule has 1 amide bonds. The van der Waals surface area contributed by atoms with Gasteiger partial charge < -0.3 is 25.4 Å². The Morgan fingerprint density at radius 1 is 1.19 bits per heavy atom. The van der Waals surface area contributed by atoms with E-state index in [1.165, 1.54) is 0 Å². The molecule has 1 aliphatic rings. The first-order valence-electron chi connectivity index (χ1n) is 8.71. The monoisotopic (exact) mass is 355 g/mol. The number of benzene rings is 2. The highest BCUT2D eigenvalue weighted by Crippen LogP contribution is 2.31. The molecular formula is C20H25N3O3. The molecule has 3 N–H and O–H groups in total. The molecule has 6 nitrogen and oxygen atoms in total. The average molecular weight is 355 g/mol. The molecule has 2 aromatic carbocycles. The van der Waals surface area contributed by atoms with Gasteiger partial charge in [0.2, 0.25) is 0 Å². The predicted molar refractivity (Wildman–Crippen MR) is 103 cm³/mol. The normalized spacial score (nSPS) is 16.4. The van der Waals surface area contributed by atoms with Crippen molar-refractivity contribution in [2.45, 2.75) is 6.42 Å². The maximum absolute atomic E-state index is 12.3. The second-order valence-corrected chi connectivity index (χ2v) is 6.47. The van der Waals surface area contributed by atoms with E-state index in [9.17, 15) is 4.79 Å². The van der Waals surface area contributed by atoms with E-state index in [0.29, 0.717) is 23.7 Å². The van der Waals surface area contributed by atoms with Gasteiger partial charge in [0.15, 0.2) is 0 Å². The Morgan fingerprint density at radius 2 is 1.88 bits per heavy atom. The molecule has 1 saturated heterocycles. The van der Waals surface area contributed by atoms with E-state index in [1.807, 2.05) is 30.3 Å². The first kappa shape index (κ1) is 17.9. The second-order valence-electron chi connectivity index (χ2n) is 6.47. The lowest BCUT2D eigenvalue weighted by molar-refractivity contribution is 0.0949. The zero-order valence-corrected chi connectivity index (χ0v) is 15.2. The summed E-state index contributed by atoms with van der Waals surface area (Å²) in [6, 6.07) is 13.0. The number of anilines is 2. The molecule has 0 aliphatic carbocycles. The summed E-state index contributed by atoms with van der Waals surface area (Å²) in [5.74, 6) is 1.82. The first-order chi connectivity index (χ1) is 12.6. The summed E-state index contributed by atoms with van der Waals surface area (Å²) >= 11 is 0. The minimum Gasteiger partial charge on any atom is -0.497 e. The largest absolute Gasteiger partial charge is 0.497 e. The smallest absolute Gasteiger partial charge is 0.253 e. The van der Waals surface area contributed by atoms with Crippen LogP contribution in [0.5, 0.6) is 11.5 Å². The Balaban J connectivity index is 1.59. The van der Waals surface area contributed by atoms with Gasteiger partial charge in [0.1, 0.15) is 11.5 Å². The van der Waals surface area contributed by atoms with Gasteiger partial charge in [0.25, 0.3) is 5.91 Å². The molecule has 0 bridgehead atoms. The van der Waals surface area contributed by atoms with E-state index in [0.717, 1.165) is 36.7 Å². The number of rotatable bonds is 6. The lowest BCUT2D eigenvalue weighted by atomic mass is 10.1. The highest BCUT2D eigenvalue weighted by Gasteiger charge is 2.24. The molecule has 1 atom stereocenters. The molecule has 1 aliphatic heterocycles. The summed E-state index contributed by atoms with van der Waals surface area (Å²) in [4.78, 5) is 14.6. The fourth-order valence-corrected chi connectivity index (χ4v) is 3.24. The zero-order chi connectivity index (χ0) is 18.5. The van der Waals surface area contributed by atoms with Crippen molar-refractivity contribution in [1.82, 2.24) is 5.32 Å². The number of carbonyl (C=O) groups is 1. The third kappa shape index (κ3) is 4.02. The Bertz CT molecular complexity index is 756. The lowest BCUT2D eigenvalue weighted by Gasteiger charge is -2.20. The molecule has 0 radical (unpaired) electrons. The van der Waals surface area contributed by atoms with Crippen LogP contribution in [0.4, 0.5) is 11.4 Å². The summed E-state index contributed by atoms with van der Waals surface area (Å²) in [6.45, 7) is 2.44. The second kappa shape index (κ2) is 7.99. The van der Waals surface area contributed by atoms with E-state index in [4.69, 9.17) is 15.2 Å². The number of amides is 1. The van der Waals surface area contributed by atoms with Gasteiger partial charge in [-0.05, 0) is 24.5 Å². The van der Waals surface area contributed by atoms with Gasteiger partial charge in [-0.1, -0.05) is 12.1 Å².